The molecule has 2 aromatic carbocycles. The highest BCUT2D eigenvalue weighted by Crippen LogP contribution is 2.21. The zero-order valence-corrected chi connectivity index (χ0v) is 10.6. The Kier molecular flexibility index (Phi) is 3.98. The second kappa shape index (κ2) is 5.70. The number of carboxylic acid groups (broad SMARTS) is 2. The third kappa shape index (κ3) is 3.05. The summed E-state index contributed by atoms with van der Waals surface area (Å²) in [6.07, 6.45) is -0.124. The molecular formula is C15H10F2O4. The van der Waals surface area contributed by atoms with Crippen molar-refractivity contribution in [3.05, 3.63) is 70.3 Å². The summed E-state index contributed by atoms with van der Waals surface area (Å²) in [5, 5.41) is 18.2. The second-order valence-electron chi connectivity index (χ2n) is 4.37. The van der Waals surface area contributed by atoms with Crippen molar-refractivity contribution < 1.29 is 28.6 Å². The van der Waals surface area contributed by atoms with Gasteiger partial charge in [0, 0.05) is 0 Å². The molecule has 21 heavy (non-hydrogen) atoms. The van der Waals surface area contributed by atoms with Crippen LogP contribution in [0.15, 0.2) is 36.4 Å². The van der Waals surface area contributed by atoms with Crippen LogP contribution in [0.1, 0.15) is 31.8 Å². The number of halogens is 2. The summed E-state index contributed by atoms with van der Waals surface area (Å²) in [5.74, 6) is -4.66. The van der Waals surface area contributed by atoms with Crippen LogP contribution in [0.4, 0.5) is 8.78 Å². The summed E-state index contributed by atoms with van der Waals surface area (Å²) in [5.41, 5.74) is -0.0344. The van der Waals surface area contributed by atoms with Crippen LogP contribution in [0.2, 0.25) is 0 Å². The normalized spacial score (nSPS) is 10.4. The summed E-state index contributed by atoms with van der Waals surface area (Å²) < 4.78 is 26.1. The Balaban J connectivity index is 2.53. The van der Waals surface area contributed by atoms with Crippen molar-refractivity contribution in [3.63, 3.8) is 0 Å². The van der Waals surface area contributed by atoms with Crippen LogP contribution in [-0.4, -0.2) is 22.2 Å². The largest absolute Gasteiger partial charge is 0.478 e. The SMILES string of the molecule is O=C(O)c1cccc(C(=O)O)c1Cc1ccc(F)c(F)c1. The van der Waals surface area contributed by atoms with Gasteiger partial charge in [-0.1, -0.05) is 12.1 Å². The molecule has 0 aliphatic heterocycles. The standard InChI is InChI=1S/C15H10F2O4/c16-12-5-4-8(7-13(12)17)6-11-9(14(18)19)2-1-3-10(11)15(20)21/h1-5,7H,6H2,(H,18,19)(H,20,21). The minimum absolute atomic E-state index is 0.0449. The Bertz CT molecular complexity index is 693. The van der Waals surface area contributed by atoms with Gasteiger partial charge in [-0.3, -0.25) is 0 Å². The van der Waals surface area contributed by atoms with E-state index in [2.05, 4.69) is 0 Å². The molecule has 0 radical (unpaired) electrons. The van der Waals surface area contributed by atoms with Gasteiger partial charge in [-0.05, 0) is 41.8 Å². The monoisotopic (exact) mass is 292 g/mol. The highest BCUT2D eigenvalue weighted by molar-refractivity contribution is 5.96. The fourth-order valence-electron chi connectivity index (χ4n) is 2.03. The molecule has 0 heterocycles. The molecule has 0 bridgehead atoms. The Morgan fingerprint density at radius 1 is 0.905 bits per heavy atom. The summed E-state index contributed by atoms with van der Waals surface area (Å²) in [6.45, 7) is 0. The van der Waals surface area contributed by atoms with E-state index in [0.717, 1.165) is 12.1 Å². The average Bonchev–Trinajstić information content (AvgIpc) is 2.42. The van der Waals surface area contributed by atoms with Crippen LogP contribution in [0.5, 0.6) is 0 Å². The Labute approximate surface area is 118 Å². The van der Waals surface area contributed by atoms with E-state index in [9.17, 15) is 18.4 Å². The van der Waals surface area contributed by atoms with E-state index in [0.29, 0.717) is 0 Å². The van der Waals surface area contributed by atoms with E-state index >= 15 is 0 Å². The molecule has 0 aliphatic rings. The summed E-state index contributed by atoms with van der Waals surface area (Å²) in [6, 6.07) is 6.96. The minimum atomic E-state index is -1.28. The number of carbonyl (C=O) groups is 2. The number of rotatable bonds is 4. The van der Waals surface area contributed by atoms with Crippen molar-refractivity contribution in [2.45, 2.75) is 6.42 Å². The van der Waals surface area contributed by atoms with Gasteiger partial charge in [-0.15, -0.1) is 0 Å². The van der Waals surface area contributed by atoms with E-state index in [1.807, 2.05) is 0 Å². The molecule has 0 spiro atoms. The lowest BCUT2D eigenvalue weighted by Crippen LogP contribution is -2.10. The van der Waals surface area contributed by atoms with Gasteiger partial charge in [-0.25, -0.2) is 18.4 Å². The molecule has 0 saturated carbocycles. The van der Waals surface area contributed by atoms with E-state index in [1.165, 1.54) is 24.3 Å². The number of benzene rings is 2. The first kappa shape index (κ1) is 14.6. The maximum Gasteiger partial charge on any atom is 0.336 e. The molecule has 2 rings (SSSR count). The van der Waals surface area contributed by atoms with Gasteiger partial charge < -0.3 is 10.2 Å². The smallest absolute Gasteiger partial charge is 0.336 e. The second-order valence-corrected chi connectivity index (χ2v) is 4.37. The predicted octanol–water partition coefficient (Wildman–Crippen LogP) is 2.95. The van der Waals surface area contributed by atoms with Crippen LogP contribution < -0.4 is 0 Å². The lowest BCUT2D eigenvalue weighted by molar-refractivity contribution is 0.0696. The summed E-state index contributed by atoms with van der Waals surface area (Å²) in [4.78, 5) is 22.4. The van der Waals surface area contributed by atoms with Crippen molar-refractivity contribution in [3.8, 4) is 0 Å². The molecule has 0 amide bonds. The lowest BCUT2D eigenvalue weighted by Gasteiger charge is -2.10. The molecule has 6 heteroatoms. The molecule has 108 valence electrons. The number of aromatic carboxylic acids is 2. The van der Waals surface area contributed by atoms with Crippen LogP contribution in [0, 0.1) is 11.6 Å². The Hall–Kier alpha value is -2.76. The molecule has 0 saturated heterocycles. The van der Waals surface area contributed by atoms with Gasteiger partial charge in [0.25, 0.3) is 0 Å². The van der Waals surface area contributed by atoms with Crippen molar-refractivity contribution in [2.24, 2.45) is 0 Å². The van der Waals surface area contributed by atoms with Gasteiger partial charge >= 0.3 is 11.9 Å². The first-order chi connectivity index (χ1) is 9.90. The van der Waals surface area contributed by atoms with E-state index in [1.54, 1.807) is 0 Å². The first-order valence-electron chi connectivity index (χ1n) is 5.92. The maximum atomic E-state index is 13.2. The van der Waals surface area contributed by atoms with Crippen molar-refractivity contribution in [1.82, 2.24) is 0 Å². The zero-order valence-electron chi connectivity index (χ0n) is 10.6. The summed E-state index contributed by atoms with van der Waals surface area (Å²) in [7, 11) is 0. The van der Waals surface area contributed by atoms with Gasteiger partial charge in [0.05, 0.1) is 11.1 Å². The number of hydrogen-bond acceptors (Lipinski definition) is 2. The zero-order chi connectivity index (χ0) is 15.6. The molecule has 0 aromatic heterocycles. The predicted molar refractivity (Wildman–Crippen MR) is 69.5 cm³/mol. The Morgan fingerprint density at radius 2 is 1.48 bits per heavy atom. The van der Waals surface area contributed by atoms with E-state index < -0.39 is 23.6 Å². The molecule has 2 N–H and O–H groups in total. The van der Waals surface area contributed by atoms with Crippen LogP contribution in [-0.2, 0) is 6.42 Å². The number of hydrogen-bond donors (Lipinski definition) is 2. The fraction of sp³-hybridized carbons (Fsp3) is 0.0667. The molecule has 0 aliphatic carbocycles. The van der Waals surface area contributed by atoms with E-state index in [4.69, 9.17) is 10.2 Å². The average molecular weight is 292 g/mol. The van der Waals surface area contributed by atoms with Crippen molar-refractivity contribution >= 4 is 11.9 Å². The van der Waals surface area contributed by atoms with Gasteiger partial charge in [0.1, 0.15) is 0 Å². The third-order valence-corrected chi connectivity index (χ3v) is 3.00. The minimum Gasteiger partial charge on any atom is -0.478 e. The van der Waals surface area contributed by atoms with Gasteiger partial charge in [0.15, 0.2) is 11.6 Å². The van der Waals surface area contributed by atoms with Crippen molar-refractivity contribution in [2.75, 3.05) is 0 Å². The Morgan fingerprint density at radius 3 is 1.95 bits per heavy atom. The molecular weight excluding hydrogens is 282 g/mol. The van der Waals surface area contributed by atoms with Crippen LogP contribution >= 0.6 is 0 Å². The fourth-order valence-corrected chi connectivity index (χ4v) is 2.03. The topological polar surface area (TPSA) is 74.6 Å². The molecule has 0 atom stereocenters. The quantitative estimate of drug-likeness (QED) is 0.908. The molecule has 0 fully saturated rings. The maximum absolute atomic E-state index is 13.2. The van der Waals surface area contributed by atoms with Crippen molar-refractivity contribution in [1.29, 1.82) is 0 Å². The molecule has 4 nitrogen and oxygen atoms in total. The van der Waals surface area contributed by atoms with Gasteiger partial charge in [-0.2, -0.15) is 0 Å². The summed E-state index contributed by atoms with van der Waals surface area (Å²) >= 11 is 0. The first-order valence-corrected chi connectivity index (χ1v) is 5.92. The lowest BCUT2D eigenvalue weighted by atomic mass is 9.94. The number of carboxylic acids is 2. The van der Waals surface area contributed by atoms with E-state index in [-0.39, 0.29) is 28.7 Å². The van der Waals surface area contributed by atoms with Crippen LogP contribution in [0.3, 0.4) is 0 Å². The third-order valence-electron chi connectivity index (χ3n) is 3.00. The molecule has 0 unspecified atom stereocenters. The van der Waals surface area contributed by atoms with Crippen LogP contribution in [0.25, 0.3) is 0 Å². The highest BCUT2D eigenvalue weighted by Gasteiger charge is 2.18. The molecule has 2 aromatic rings. The van der Waals surface area contributed by atoms with Gasteiger partial charge in [0.2, 0.25) is 0 Å². The highest BCUT2D eigenvalue weighted by atomic mass is 19.2.